The van der Waals surface area contributed by atoms with Crippen molar-refractivity contribution in [3.05, 3.63) is 34.3 Å². The molecular weight excluding hydrogens is 266 g/mol. The Bertz CT molecular complexity index is 458. The molecule has 2 rings (SSSR count). The lowest BCUT2D eigenvalue weighted by molar-refractivity contribution is -0.0685. The zero-order valence-electron chi connectivity index (χ0n) is 10.9. The summed E-state index contributed by atoms with van der Waals surface area (Å²) in [6.07, 6.45) is 1.38. The first-order chi connectivity index (χ1) is 9.08. The molecule has 0 aromatic heterocycles. The largest absolute Gasteiger partial charge is 0.415 e. The van der Waals surface area contributed by atoms with Gasteiger partial charge in [0.2, 0.25) is 6.29 Å². The van der Waals surface area contributed by atoms with Crippen molar-refractivity contribution in [2.75, 3.05) is 13.1 Å². The minimum Gasteiger partial charge on any atom is -0.415 e. The molecule has 104 valence electrons. The molecule has 1 amide bonds. The van der Waals surface area contributed by atoms with Gasteiger partial charge in [0.15, 0.2) is 0 Å². The molecule has 1 aliphatic rings. The van der Waals surface area contributed by atoms with E-state index in [2.05, 4.69) is 0 Å². The summed E-state index contributed by atoms with van der Waals surface area (Å²) >= 11 is 5.88. The van der Waals surface area contributed by atoms with Gasteiger partial charge in [0.25, 0.3) is 0 Å². The SMILES string of the molecule is Cc1ccc(Cl)cc1[C@H](O)OC(=O)N1CCCCC1. The molecule has 0 saturated carbocycles. The van der Waals surface area contributed by atoms with E-state index in [9.17, 15) is 9.90 Å². The number of rotatable bonds is 2. The molecule has 0 spiro atoms. The van der Waals surface area contributed by atoms with Crippen LogP contribution in [-0.4, -0.2) is 29.2 Å². The zero-order chi connectivity index (χ0) is 13.8. The van der Waals surface area contributed by atoms with Crippen LogP contribution in [0.15, 0.2) is 18.2 Å². The number of benzene rings is 1. The summed E-state index contributed by atoms with van der Waals surface area (Å²) in [6, 6.07) is 5.14. The third kappa shape index (κ3) is 3.61. The van der Waals surface area contributed by atoms with Gasteiger partial charge in [0.05, 0.1) is 0 Å². The molecule has 1 fully saturated rings. The topological polar surface area (TPSA) is 49.8 Å². The van der Waals surface area contributed by atoms with Crippen molar-refractivity contribution in [2.24, 2.45) is 0 Å². The quantitative estimate of drug-likeness (QED) is 0.848. The Labute approximate surface area is 117 Å². The van der Waals surface area contributed by atoms with Crippen molar-refractivity contribution in [3.63, 3.8) is 0 Å². The van der Waals surface area contributed by atoms with Gasteiger partial charge in [-0.3, -0.25) is 0 Å². The van der Waals surface area contributed by atoms with Crippen molar-refractivity contribution >= 4 is 17.7 Å². The summed E-state index contributed by atoms with van der Waals surface area (Å²) in [7, 11) is 0. The Morgan fingerprint density at radius 3 is 2.74 bits per heavy atom. The summed E-state index contributed by atoms with van der Waals surface area (Å²) in [5.74, 6) is 0. The second kappa shape index (κ2) is 6.26. The molecule has 1 N–H and O–H groups in total. The fourth-order valence-electron chi connectivity index (χ4n) is 2.19. The fourth-order valence-corrected chi connectivity index (χ4v) is 2.37. The molecule has 19 heavy (non-hydrogen) atoms. The first kappa shape index (κ1) is 14.2. The second-order valence-electron chi connectivity index (χ2n) is 4.78. The lowest BCUT2D eigenvalue weighted by Gasteiger charge is -2.27. The monoisotopic (exact) mass is 283 g/mol. The van der Waals surface area contributed by atoms with Crippen LogP contribution < -0.4 is 0 Å². The van der Waals surface area contributed by atoms with E-state index >= 15 is 0 Å². The van der Waals surface area contributed by atoms with Gasteiger partial charge >= 0.3 is 6.09 Å². The van der Waals surface area contributed by atoms with E-state index in [1.54, 1.807) is 23.1 Å². The van der Waals surface area contributed by atoms with Gasteiger partial charge in [-0.1, -0.05) is 17.7 Å². The molecule has 1 saturated heterocycles. The Hall–Kier alpha value is -1.26. The van der Waals surface area contributed by atoms with Crippen LogP contribution in [0.5, 0.6) is 0 Å². The highest BCUT2D eigenvalue weighted by Crippen LogP contribution is 2.24. The van der Waals surface area contributed by atoms with E-state index in [4.69, 9.17) is 16.3 Å². The van der Waals surface area contributed by atoms with Gasteiger partial charge in [-0.2, -0.15) is 0 Å². The average molecular weight is 284 g/mol. The van der Waals surface area contributed by atoms with Crippen LogP contribution in [-0.2, 0) is 4.74 Å². The number of halogens is 1. The number of carbonyl (C=O) groups is 1. The Morgan fingerprint density at radius 1 is 1.37 bits per heavy atom. The molecule has 0 aliphatic carbocycles. The van der Waals surface area contributed by atoms with E-state index in [-0.39, 0.29) is 0 Å². The van der Waals surface area contributed by atoms with Crippen molar-refractivity contribution in [3.8, 4) is 0 Å². The summed E-state index contributed by atoms with van der Waals surface area (Å²) in [4.78, 5) is 13.5. The smallest absolute Gasteiger partial charge is 0.412 e. The number of hydrogen-bond acceptors (Lipinski definition) is 3. The highest BCUT2D eigenvalue weighted by Gasteiger charge is 2.22. The number of aliphatic hydroxyl groups is 1. The van der Waals surface area contributed by atoms with E-state index in [1.165, 1.54) is 0 Å². The Kier molecular flexibility index (Phi) is 4.66. The zero-order valence-corrected chi connectivity index (χ0v) is 11.7. The molecule has 1 heterocycles. The first-order valence-electron chi connectivity index (χ1n) is 6.47. The van der Waals surface area contributed by atoms with E-state index in [0.717, 1.165) is 24.8 Å². The molecule has 1 aliphatic heterocycles. The minimum atomic E-state index is -1.27. The molecule has 1 aromatic rings. The van der Waals surface area contributed by atoms with Crippen LogP contribution in [0.4, 0.5) is 4.79 Å². The predicted molar refractivity (Wildman–Crippen MR) is 73.1 cm³/mol. The van der Waals surface area contributed by atoms with Crippen LogP contribution in [0.1, 0.15) is 36.7 Å². The summed E-state index contributed by atoms with van der Waals surface area (Å²) in [5.41, 5.74) is 1.36. The third-order valence-corrected chi connectivity index (χ3v) is 3.57. The maximum atomic E-state index is 11.9. The van der Waals surface area contributed by atoms with Crippen molar-refractivity contribution in [1.29, 1.82) is 0 Å². The molecule has 1 atom stereocenters. The summed E-state index contributed by atoms with van der Waals surface area (Å²) < 4.78 is 5.10. The number of ether oxygens (including phenoxy) is 1. The lowest BCUT2D eigenvalue weighted by Crippen LogP contribution is -2.36. The fraction of sp³-hybridized carbons (Fsp3) is 0.500. The van der Waals surface area contributed by atoms with E-state index in [1.807, 2.05) is 6.92 Å². The number of likely N-dealkylation sites (tertiary alicyclic amines) is 1. The normalized spacial score (nSPS) is 17.1. The standard InChI is InChI=1S/C14H18ClNO3/c1-10-5-6-11(15)9-12(10)13(17)19-14(18)16-7-3-2-4-8-16/h5-6,9,13,17H,2-4,7-8H2,1H3/t13-/m1/s1. The number of carbonyl (C=O) groups excluding carboxylic acids is 1. The number of aliphatic hydroxyl groups excluding tert-OH is 1. The highest BCUT2D eigenvalue weighted by atomic mass is 35.5. The number of aryl methyl sites for hydroxylation is 1. The van der Waals surface area contributed by atoms with Crippen LogP contribution in [0.25, 0.3) is 0 Å². The Morgan fingerprint density at radius 2 is 2.05 bits per heavy atom. The summed E-state index contributed by atoms with van der Waals surface area (Å²) in [6.45, 7) is 3.23. The van der Waals surface area contributed by atoms with Crippen molar-refractivity contribution < 1.29 is 14.6 Å². The number of nitrogens with zero attached hydrogens (tertiary/aromatic N) is 1. The van der Waals surface area contributed by atoms with Gasteiger partial charge in [-0.25, -0.2) is 4.79 Å². The predicted octanol–water partition coefficient (Wildman–Crippen LogP) is 3.26. The van der Waals surface area contributed by atoms with Crippen LogP contribution in [0.2, 0.25) is 5.02 Å². The number of hydrogen-bond donors (Lipinski definition) is 1. The molecule has 4 nitrogen and oxygen atoms in total. The maximum absolute atomic E-state index is 11.9. The molecular formula is C14H18ClNO3. The lowest BCUT2D eigenvalue weighted by atomic mass is 10.1. The minimum absolute atomic E-state index is 0.466. The first-order valence-corrected chi connectivity index (χ1v) is 6.85. The Balaban J connectivity index is 2.01. The number of piperidine rings is 1. The number of amides is 1. The third-order valence-electron chi connectivity index (χ3n) is 3.33. The van der Waals surface area contributed by atoms with Gasteiger partial charge in [0, 0.05) is 23.7 Å². The van der Waals surface area contributed by atoms with Crippen molar-refractivity contribution in [1.82, 2.24) is 4.90 Å². The van der Waals surface area contributed by atoms with Crippen molar-refractivity contribution in [2.45, 2.75) is 32.5 Å². The van der Waals surface area contributed by atoms with Crippen LogP contribution >= 0.6 is 11.6 Å². The van der Waals surface area contributed by atoms with Gasteiger partial charge in [0.1, 0.15) is 0 Å². The van der Waals surface area contributed by atoms with Gasteiger partial charge in [-0.05, 0) is 43.9 Å². The average Bonchev–Trinajstić information content (AvgIpc) is 2.42. The molecule has 0 unspecified atom stereocenters. The van der Waals surface area contributed by atoms with Crippen LogP contribution in [0, 0.1) is 6.92 Å². The van der Waals surface area contributed by atoms with E-state index in [0.29, 0.717) is 23.7 Å². The van der Waals surface area contributed by atoms with E-state index < -0.39 is 12.4 Å². The molecule has 1 aromatic carbocycles. The molecule has 0 radical (unpaired) electrons. The summed E-state index contributed by atoms with van der Waals surface area (Å²) in [5, 5.41) is 10.5. The van der Waals surface area contributed by atoms with Crippen LogP contribution in [0.3, 0.4) is 0 Å². The van der Waals surface area contributed by atoms with Gasteiger partial charge in [-0.15, -0.1) is 0 Å². The highest BCUT2D eigenvalue weighted by molar-refractivity contribution is 6.30. The molecule has 0 bridgehead atoms. The maximum Gasteiger partial charge on any atom is 0.412 e. The second-order valence-corrected chi connectivity index (χ2v) is 5.22. The van der Waals surface area contributed by atoms with Gasteiger partial charge < -0.3 is 14.7 Å². The molecule has 5 heteroatoms.